The standard InChI is InChI=1S/C33H25ClF6N8O3S2/c1-47-28-16(3-4-20(34)25(28)32(45-47)46-53(2,50)51)17-10-22-31(41-12-52-22)43-26(17)21(7-13-5-14(35)8-15(36)6-13)42-23(49)11-48-29-24(27(44-48)30(37)38)18-9-19(18)33(29,39)40/h3-6,8,10,12,18-19,21,30H,7,9,11H2,1-2H3,(H,42,49)(H,45,46)/t18-,19+,21+/m0/s1. The van der Waals surface area contributed by atoms with Crippen LogP contribution in [-0.4, -0.2) is 50.1 Å². The van der Waals surface area contributed by atoms with Gasteiger partial charge in [0.15, 0.2) is 11.5 Å². The number of rotatable bonds is 10. The summed E-state index contributed by atoms with van der Waals surface area (Å²) in [4.78, 5) is 22.9. The number of alkyl halides is 4. The summed E-state index contributed by atoms with van der Waals surface area (Å²) >= 11 is 7.81. The van der Waals surface area contributed by atoms with E-state index in [0.29, 0.717) is 32.1 Å². The number of nitrogens with one attached hydrogen (secondary N) is 2. The van der Waals surface area contributed by atoms with Crippen molar-refractivity contribution in [1.29, 1.82) is 0 Å². The molecule has 0 aliphatic heterocycles. The Balaban J connectivity index is 1.26. The highest BCUT2D eigenvalue weighted by Gasteiger charge is 2.67. The minimum Gasteiger partial charge on any atom is -0.346 e. The number of aromatic nitrogens is 6. The van der Waals surface area contributed by atoms with E-state index in [1.54, 1.807) is 19.2 Å². The Morgan fingerprint density at radius 3 is 2.53 bits per heavy atom. The van der Waals surface area contributed by atoms with E-state index in [4.69, 9.17) is 16.6 Å². The van der Waals surface area contributed by atoms with Crippen molar-refractivity contribution in [2.45, 2.75) is 43.7 Å². The molecule has 1 amide bonds. The summed E-state index contributed by atoms with van der Waals surface area (Å²) in [5.74, 6) is -8.19. The molecule has 0 radical (unpaired) electrons. The Kier molecular flexibility index (Phi) is 8.26. The van der Waals surface area contributed by atoms with Crippen molar-refractivity contribution in [3.8, 4) is 11.1 Å². The molecular formula is C33H25ClF6N8O3S2. The van der Waals surface area contributed by atoms with Gasteiger partial charge in [-0.25, -0.2) is 35.9 Å². The molecule has 1 fully saturated rings. The van der Waals surface area contributed by atoms with Gasteiger partial charge in [0.1, 0.15) is 29.6 Å². The summed E-state index contributed by atoms with van der Waals surface area (Å²) in [5.41, 5.74) is 1.34. The number of hydrogen-bond acceptors (Lipinski definition) is 8. The number of amides is 1. The van der Waals surface area contributed by atoms with Gasteiger partial charge in [-0.3, -0.25) is 18.9 Å². The number of halogens is 7. The van der Waals surface area contributed by atoms with Gasteiger partial charge in [0, 0.05) is 35.7 Å². The summed E-state index contributed by atoms with van der Waals surface area (Å²) < 4.78 is 117. The number of thiazole rings is 1. The number of carbonyl (C=O) groups is 1. The molecule has 0 bridgehead atoms. The van der Waals surface area contributed by atoms with Crippen molar-refractivity contribution >= 4 is 65.9 Å². The Bertz CT molecular complexity index is 2590. The molecule has 53 heavy (non-hydrogen) atoms. The Morgan fingerprint density at radius 2 is 1.83 bits per heavy atom. The van der Waals surface area contributed by atoms with Crippen LogP contribution in [0.2, 0.25) is 5.02 Å². The van der Waals surface area contributed by atoms with E-state index in [2.05, 4.69) is 25.2 Å². The van der Waals surface area contributed by atoms with Crippen molar-refractivity contribution < 1.29 is 39.6 Å². The van der Waals surface area contributed by atoms with Gasteiger partial charge in [-0.1, -0.05) is 17.7 Å². The fraction of sp³-hybridized carbons (Fsp3) is 0.303. The van der Waals surface area contributed by atoms with Gasteiger partial charge in [0.2, 0.25) is 15.9 Å². The second kappa shape index (κ2) is 12.4. The molecule has 276 valence electrons. The van der Waals surface area contributed by atoms with Gasteiger partial charge >= 0.3 is 0 Å². The van der Waals surface area contributed by atoms with Crippen molar-refractivity contribution in [3.63, 3.8) is 0 Å². The van der Waals surface area contributed by atoms with Crippen LogP contribution < -0.4 is 10.0 Å². The number of sulfonamides is 1. The van der Waals surface area contributed by atoms with Gasteiger partial charge < -0.3 is 5.32 Å². The minimum absolute atomic E-state index is 0.0395. The van der Waals surface area contributed by atoms with Crippen LogP contribution in [0.4, 0.5) is 32.2 Å². The summed E-state index contributed by atoms with van der Waals surface area (Å²) in [6.45, 7) is -0.875. The molecule has 2 N–H and O–H groups in total. The average molecular weight is 795 g/mol. The molecule has 0 spiro atoms. The van der Waals surface area contributed by atoms with Gasteiger partial charge in [-0.2, -0.15) is 19.0 Å². The minimum atomic E-state index is -3.80. The Hall–Kier alpha value is -4.75. The highest BCUT2D eigenvalue weighted by molar-refractivity contribution is 7.92. The fourth-order valence-corrected chi connectivity index (χ4v) is 8.66. The number of hydrogen-bond donors (Lipinski definition) is 2. The summed E-state index contributed by atoms with van der Waals surface area (Å²) in [6, 6.07) is 6.38. The van der Waals surface area contributed by atoms with Crippen molar-refractivity contribution in [1.82, 2.24) is 34.8 Å². The lowest BCUT2D eigenvalue weighted by Crippen LogP contribution is -2.35. The van der Waals surface area contributed by atoms with E-state index in [1.165, 1.54) is 27.6 Å². The van der Waals surface area contributed by atoms with E-state index >= 15 is 8.78 Å². The molecule has 3 atom stereocenters. The molecule has 2 aliphatic rings. The normalized spacial score (nSPS) is 18.1. The number of pyridine rings is 1. The Labute approximate surface area is 305 Å². The predicted molar refractivity (Wildman–Crippen MR) is 183 cm³/mol. The largest absolute Gasteiger partial charge is 0.346 e. The highest BCUT2D eigenvalue weighted by Crippen LogP contribution is 2.68. The third-order valence-corrected chi connectivity index (χ3v) is 11.0. The SMILES string of the molecule is Cn1nc(NS(C)(=O)=O)c2c(Cl)ccc(-c3cc4scnc4nc3[C@@H](Cc3cc(F)cc(F)c3)NC(=O)Cn3nc(C(F)F)c4c3C(F)(F)[C@@H]3C[C@H]43)c21. The van der Waals surface area contributed by atoms with Crippen LogP contribution >= 0.6 is 22.9 Å². The second-order valence-electron chi connectivity index (χ2n) is 13.0. The molecule has 2 aliphatic carbocycles. The molecule has 11 nitrogen and oxygen atoms in total. The van der Waals surface area contributed by atoms with E-state index in [9.17, 15) is 30.8 Å². The van der Waals surface area contributed by atoms with E-state index in [1.807, 2.05) is 0 Å². The lowest BCUT2D eigenvalue weighted by atomic mass is 9.94. The maximum atomic E-state index is 15.3. The van der Waals surface area contributed by atoms with Gasteiger partial charge in [0.25, 0.3) is 12.3 Å². The van der Waals surface area contributed by atoms with Crippen LogP contribution in [0.1, 0.15) is 53.0 Å². The number of carbonyl (C=O) groups excluding carboxylic acids is 1. The molecule has 0 saturated heterocycles. The maximum absolute atomic E-state index is 15.3. The molecule has 1 saturated carbocycles. The number of nitrogens with zero attached hydrogens (tertiary/aromatic N) is 6. The first-order chi connectivity index (χ1) is 25.0. The molecule has 2 aromatic carbocycles. The van der Waals surface area contributed by atoms with Crippen LogP contribution in [0.25, 0.3) is 32.4 Å². The van der Waals surface area contributed by atoms with Crippen LogP contribution in [-0.2, 0) is 40.8 Å². The predicted octanol–water partition coefficient (Wildman–Crippen LogP) is 6.99. The molecule has 6 aromatic rings. The van der Waals surface area contributed by atoms with Crippen molar-refractivity contribution in [2.24, 2.45) is 13.0 Å². The van der Waals surface area contributed by atoms with Gasteiger partial charge in [0.05, 0.1) is 44.1 Å². The summed E-state index contributed by atoms with van der Waals surface area (Å²) in [7, 11) is -2.24. The quantitative estimate of drug-likeness (QED) is 0.143. The van der Waals surface area contributed by atoms with Gasteiger partial charge in [-0.05, 0) is 48.6 Å². The number of benzene rings is 2. The molecular weight excluding hydrogens is 770 g/mol. The third kappa shape index (κ3) is 6.17. The second-order valence-corrected chi connectivity index (χ2v) is 16.1. The van der Waals surface area contributed by atoms with Crippen LogP contribution in [0, 0.1) is 17.6 Å². The third-order valence-electron chi connectivity index (χ3n) is 9.35. The molecule has 4 heterocycles. The molecule has 8 rings (SSSR count). The average Bonchev–Trinajstić information content (AvgIpc) is 3.28. The topological polar surface area (TPSA) is 137 Å². The van der Waals surface area contributed by atoms with Gasteiger partial charge in [-0.15, -0.1) is 11.3 Å². The first-order valence-electron chi connectivity index (χ1n) is 15.9. The van der Waals surface area contributed by atoms with E-state index < -0.39 is 75.7 Å². The number of aryl methyl sites for hydroxylation is 1. The highest BCUT2D eigenvalue weighted by atomic mass is 35.5. The molecule has 20 heteroatoms. The first kappa shape index (κ1) is 35.3. The zero-order chi connectivity index (χ0) is 37.7. The summed E-state index contributed by atoms with van der Waals surface area (Å²) in [6.07, 6.45) is -2.44. The zero-order valence-electron chi connectivity index (χ0n) is 27.3. The maximum Gasteiger partial charge on any atom is 0.293 e. The van der Waals surface area contributed by atoms with E-state index in [-0.39, 0.29) is 51.5 Å². The molecule has 4 aromatic heterocycles. The lowest BCUT2D eigenvalue weighted by Gasteiger charge is -2.23. The smallest absolute Gasteiger partial charge is 0.293 e. The van der Waals surface area contributed by atoms with Crippen LogP contribution in [0.3, 0.4) is 0 Å². The molecule has 0 unspecified atom stereocenters. The fourth-order valence-electron chi connectivity index (χ4n) is 7.27. The Morgan fingerprint density at radius 1 is 1.09 bits per heavy atom. The monoisotopic (exact) mass is 794 g/mol. The summed E-state index contributed by atoms with van der Waals surface area (Å²) in [5, 5.41) is 11.2. The van der Waals surface area contributed by atoms with E-state index in [0.717, 1.165) is 18.4 Å². The van der Waals surface area contributed by atoms with Crippen molar-refractivity contribution in [3.05, 3.63) is 86.8 Å². The van der Waals surface area contributed by atoms with Crippen LogP contribution in [0.5, 0.6) is 0 Å². The lowest BCUT2D eigenvalue weighted by molar-refractivity contribution is -0.123. The van der Waals surface area contributed by atoms with Crippen LogP contribution in [0.15, 0.2) is 41.9 Å². The number of anilines is 1. The van der Waals surface area contributed by atoms with Crippen molar-refractivity contribution in [2.75, 3.05) is 11.0 Å². The first-order valence-corrected chi connectivity index (χ1v) is 19.0. The number of fused-ring (bicyclic) bond motifs is 5. The zero-order valence-corrected chi connectivity index (χ0v) is 29.7.